The van der Waals surface area contributed by atoms with Gasteiger partial charge in [0.15, 0.2) is 0 Å². The molecule has 0 spiro atoms. The Labute approximate surface area is 115 Å². The van der Waals surface area contributed by atoms with Crippen molar-refractivity contribution in [2.24, 2.45) is 0 Å². The molecule has 0 aliphatic heterocycles. The van der Waals surface area contributed by atoms with Gasteiger partial charge in [-0.1, -0.05) is 41.4 Å². The van der Waals surface area contributed by atoms with Crippen molar-refractivity contribution >= 4 is 11.6 Å². The molecule has 0 amide bonds. The van der Waals surface area contributed by atoms with Gasteiger partial charge in [0.1, 0.15) is 5.15 Å². The van der Waals surface area contributed by atoms with Gasteiger partial charge in [0.05, 0.1) is 6.04 Å². The van der Waals surface area contributed by atoms with E-state index in [0.717, 1.165) is 11.1 Å². The number of nitrogens with one attached hydrogen (secondary N) is 1. The van der Waals surface area contributed by atoms with Gasteiger partial charge in [0.25, 0.3) is 5.56 Å². The Balaban J connectivity index is 2.59. The molecule has 2 rings (SSSR count). The van der Waals surface area contributed by atoms with Gasteiger partial charge in [0, 0.05) is 5.56 Å². The van der Waals surface area contributed by atoms with Crippen LogP contribution in [0.1, 0.15) is 29.7 Å². The summed E-state index contributed by atoms with van der Waals surface area (Å²) >= 11 is 5.79. The highest BCUT2D eigenvalue weighted by atomic mass is 35.5. The molecule has 1 unspecified atom stereocenters. The summed E-state index contributed by atoms with van der Waals surface area (Å²) in [6.45, 7) is 5.40. The summed E-state index contributed by atoms with van der Waals surface area (Å²) in [6.07, 6.45) is 0. The van der Waals surface area contributed by atoms with Gasteiger partial charge in [-0.2, -0.15) is 0 Å². The lowest BCUT2D eigenvalue weighted by atomic mass is 10.1. The van der Waals surface area contributed by atoms with E-state index in [2.05, 4.69) is 4.98 Å². The second-order valence-electron chi connectivity index (χ2n) is 4.63. The van der Waals surface area contributed by atoms with Gasteiger partial charge in [-0.15, -0.1) is 0 Å². The fourth-order valence-electron chi connectivity index (χ4n) is 1.96. The average molecular weight is 279 g/mol. The number of hydrogen-bond acceptors (Lipinski definition) is 2. The predicted octanol–water partition coefficient (Wildman–Crippen LogP) is 2.42. The number of hydrogen-bond donors (Lipinski definition) is 1. The first-order valence-electron chi connectivity index (χ1n) is 5.99. The van der Waals surface area contributed by atoms with Crippen molar-refractivity contribution in [1.82, 2.24) is 9.55 Å². The third-order valence-corrected chi connectivity index (χ3v) is 3.63. The van der Waals surface area contributed by atoms with E-state index in [-0.39, 0.29) is 16.8 Å². The fraction of sp³-hybridized carbons (Fsp3) is 0.286. The van der Waals surface area contributed by atoms with Crippen LogP contribution >= 0.6 is 11.6 Å². The Bertz CT molecular complexity index is 714. The first-order chi connectivity index (χ1) is 8.91. The van der Waals surface area contributed by atoms with Crippen LogP contribution in [-0.4, -0.2) is 9.55 Å². The van der Waals surface area contributed by atoms with E-state index in [0.29, 0.717) is 5.56 Å². The minimum atomic E-state index is -0.492. The normalized spacial score (nSPS) is 12.4. The zero-order valence-electron chi connectivity index (χ0n) is 11.0. The molecule has 0 saturated carbocycles. The highest BCUT2D eigenvalue weighted by molar-refractivity contribution is 6.30. The number of aryl methyl sites for hydroxylation is 1. The highest BCUT2D eigenvalue weighted by Crippen LogP contribution is 2.16. The van der Waals surface area contributed by atoms with Gasteiger partial charge in [0.2, 0.25) is 0 Å². The van der Waals surface area contributed by atoms with Crippen LogP contribution in [0.25, 0.3) is 0 Å². The predicted molar refractivity (Wildman–Crippen MR) is 76.1 cm³/mol. The third-order valence-electron chi connectivity index (χ3n) is 3.25. The summed E-state index contributed by atoms with van der Waals surface area (Å²) in [6, 6.07) is 7.39. The Kier molecular flexibility index (Phi) is 3.62. The van der Waals surface area contributed by atoms with Gasteiger partial charge < -0.3 is 0 Å². The molecule has 100 valence electrons. The van der Waals surface area contributed by atoms with E-state index in [1.807, 2.05) is 38.1 Å². The van der Waals surface area contributed by atoms with Crippen molar-refractivity contribution in [2.75, 3.05) is 0 Å². The van der Waals surface area contributed by atoms with Gasteiger partial charge >= 0.3 is 5.69 Å². The number of nitrogens with zero attached hydrogens (tertiary/aromatic N) is 1. The lowest BCUT2D eigenvalue weighted by Gasteiger charge is -2.15. The maximum atomic E-state index is 12.2. The van der Waals surface area contributed by atoms with E-state index in [4.69, 9.17) is 11.6 Å². The summed E-state index contributed by atoms with van der Waals surface area (Å²) in [5, 5.41) is 0.0994. The fourth-order valence-corrected chi connectivity index (χ4v) is 2.12. The molecule has 2 aromatic rings. The van der Waals surface area contributed by atoms with Crippen molar-refractivity contribution in [3.05, 3.63) is 66.9 Å². The smallest absolute Gasteiger partial charge is 0.297 e. The average Bonchev–Trinajstić information content (AvgIpc) is 2.37. The number of benzene rings is 1. The molecule has 0 radical (unpaired) electrons. The third kappa shape index (κ3) is 2.49. The summed E-state index contributed by atoms with van der Waals surface area (Å²) in [5.41, 5.74) is 1.53. The standard InChI is InChI=1S/C14H15ClN2O2/c1-8-4-6-11(7-5-8)10(3)17-13(18)9(2)12(15)16-14(17)19/h4-7,10H,1-3H3,(H,16,19). The van der Waals surface area contributed by atoms with Crippen molar-refractivity contribution < 1.29 is 0 Å². The van der Waals surface area contributed by atoms with Crippen molar-refractivity contribution in [1.29, 1.82) is 0 Å². The minimum Gasteiger partial charge on any atom is -0.297 e. The van der Waals surface area contributed by atoms with Crippen LogP contribution in [0.4, 0.5) is 0 Å². The molecular weight excluding hydrogens is 264 g/mol. The van der Waals surface area contributed by atoms with E-state index in [1.54, 1.807) is 6.92 Å². The molecule has 0 saturated heterocycles. The molecule has 1 N–H and O–H groups in total. The van der Waals surface area contributed by atoms with Gasteiger partial charge in [-0.3, -0.25) is 14.3 Å². The first-order valence-corrected chi connectivity index (χ1v) is 6.37. The summed E-state index contributed by atoms with van der Waals surface area (Å²) in [7, 11) is 0. The monoisotopic (exact) mass is 278 g/mol. The molecule has 0 aliphatic carbocycles. The van der Waals surface area contributed by atoms with Crippen LogP contribution in [-0.2, 0) is 0 Å². The molecule has 0 bridgehead atoms. The number of aromatic amines is 1. The highest BCUT2D eigenvalue weighted by Gasteiger charge is 2.15. The number of H-pyrrole nitrogens is 1. The molecule has 0 aliphatic rings. The van der Waals surface area contributed by atoms with E-state index >= 15 is 0 Å². The maximum Gasteiger partial charge on any atom is 0.330 e. The molecule has 1 heterocycles. The van der Waals surface area contributed by atoms with Crippen LogP contribution < -0.4 is 11.2 Å². The Morgan fingerprint density at radius 3 is 2.32 bits per heavy atom. The van der Waals surface area contributed by atoms with Crippen LogP contribution in [0, 0.1) is 13.8 Å². The maximum absolute atomic E-state index is 12.2. The van der Waals surface area contributed by atoms with E-state index in [1.165, 1.54) is 4.57 Å². The SMILES string of the molecule is Cc1ccc(C(C)n2c(=O)[nH]c(Cl)c(C)c2=O)cc1. The number of rotatable bonds is 2. The second-order valence-corrected chi connectivity index (χ2v) is 5.01. The van der Waals surface area contributed by atoms with Crippen molar-refractivity contribution in [3.63, 3.8) is 0 Å². The first kappa shape index (κ1) is 13.6. The molecular formula is C14H15ClN2O2. The molecule has 19 heavy (non-hydrogen) atoms. The Morgan fingerprint density at radius 2 is 1.74 bits per heavy atom. The van der Waals surface area contributed by atoms with E-state index < -0.39 is 5.69 Å². The second kappa shape index (κ2) is 5.05. The van der Waals surface area contributed by atoms with Gasteiger partial charge in [-0.05, 0) is 26.3 Å². The lowest BCUT2D eigenvalue weighted by Crippen LogP contribution is -2.38. The lowest BCUT2D eigenvalue weighted by molar-refractivity contribution is 0.574. The molecule has 1 aromatic carbocycles. The Hall–Kier alpha value is -1.81. The quantitative estimate of drug-likeness (QED) is 0.858. The molecule has 4 nitrogen and oxygen atoms in total. The largest absolute Gasteiger partial charge is 0.330 e. The van der Waals surface area contributed by atoms with Crippen LogP contribution in [0.15, 0.2) is 33.9 Å². The zero-order chi connectivity index (χ0) is 14.2. The number of aromatic nitrogens is 2. The van der Waals surface area contributed by atoms with Crippen LogP contribution in [0.5, 0.6) is 0 Å². The summed E-state index contributed by atoms with van der Waals surface area (Å²) in [5.74, 6) is 0. The van der Waals surface area contributed by atoms with Crippen molar-refractivity contribution in [2.45, 2.75) is 26.8 Å². The summed E-state index contributed by atoms with van der Waals surface area (Å²) in [4.78, 5) is 26.6. The molecule has 0 fully saturated rings. The van der Waals surface area contributed by atoms with Crippen molar-refractivity contribution in [3.8, 4) is 0 Å². The molecule has 1 atom stereocenters. The molecule has 5 heteroatoms. The van der Waals surface area contributed by atoms with Crippen LogP contribution in [0.3, 0.4) is 0 Å². The zero-order valence-corrected chi connectivity index (χ0v) is 11.8. The number of halogens is 1. The minimum absolute atomic E-state index is 0.0994. The van der Waals surface area contributed by atoms with Crippen LogP contribution in [0.2, 0.25) is 5.15 Å². The summed E-state index contributed by atoms with van der Waals surface area (Å²) < 4.78 is 1.19. The molecule has 1 aromatic heterocycles. The van der Waals surface area contributed by atoms with Gasteiger partial charge in [-0.25, -0.2) is 4.79 Å². The van der Waals surface area contributed by atoms with E-state index in [9.17, 15) is 9.59 Å². The topological polar surface area (TPSA) is 54.9 Å². The Morgan fingerprint density at radius 1 is 1.16 bits per heavy atom.